The van der Waals surface area contributed by atoms with E-state index >= 15 is 0 Å². The molecule has 0 bridgehead atoms. The van der Waals surface area contributed by atoms with Gasteiger partial charge in [0, 0.05) is 13.1 Å². The molecule has 6 heteroatoms. The summed E-state index contributed by atoms with van der Waals surface area (Å²) in [5.74, 6) is 0.463. The van der Waals surface area contributed by atoms with Crippen LogP contribution in [0.2, 0.25) is 0 Å². The summed E-state index contributed by atoms with van der Waals surface area (Å²) < 4.78 is 44.0. The molecule has 1 aromatic carbocycles. The van der Waals surface area contributed by atoms with Gasteiger partial charge in [-0.05, 0) is 43.2 Å². The molecule has 2 rings (SSSR count). The molecule has 0 fully saturated rings. The Morgan fingerprint density at radius 1 is 1.00 bits per heavy atom. The lowest BCUT2D eigenvalue weighted by atomic mass is 10.1. The smallest absolute Gasteiger partial charge is 0.416 e. The van der Waals surface area contributed by atoms with Crippen molar-refractivity contribution in [1.82, 2.24) is 4.98 Å². The van der Waals surface area contributed by atoms with Crippen LogP contribution in [0.3, 0.4) is 0 Å². The number of halogens is 3. The summed E-state index contributed by atoms with van der Waals surface area (Å²) in [6.45, 7) is 3.77. The molecule has 0 saturated carbocycles. The van der Waals surface area contributed by atoms with Crippen molar-refractivity contribution >= 4 is 5.82 Å². The summed E-state index contributed by atoms with van der Waals surface area (Å²) in [5.41, 5.74) is 1.12. The van der Waals surface area contributed by atoms with Crippen LogP contribution in [-0.4, -0.2) is 12.0 Å². The minimum atomic E-state index is -4.45. The number of alkyl halides is 3. The lowest BCUT2D eigenvalue weighted by molar-refractivity contribution is -0.137. The molecule has 0 unspecified atom stereocenters. The van der Waals surface area contributed by atoms with E-state index < -0.39 is 11.7 Å². The Balaban J connectivity index is 2.39. The van der Waals surface area contributed by atoms with Gasteiger partial charge in [-0.15, -0.1) is 0 Å². The van der Waals surface area contributed by atoms with E-state index in [1.165, 1.54) is 7.05 Å². The number of benzene rings is 1. The standard InChI is InChI=1S/C15H15F3N2O/c1-9-4-10(2)6-12(5-9)21-14-8-11(15(16,17)18)7-13(19-3)20-14/h4-8H,1-3H3,(H,19,20). The van der Waals surface area contributed by atoms with E-state index in [0.717, 1.165) is 23.3 Å². The zero-order chi connectivity index (χ0) is 15.6. The van der Waals surface area contributed by atoms with Gasteiger partial charge in [0.2, 0.25) is 5.88 Å². The second-order valence-corrected chi connectivity index (χ2v) is 4.75. The van der Waals surface area contributed by atoms with Crippen LogP contribution < -0.4 is 10.1 Å². The van der Waals surface area contributed by atoms with Gasteiger partial charge in [-0.1, -0.05) is 6.07 Å². The molecule has 1 aromatic heterocycles. The van der Waals surface area contributed by atoms with Crippen LogP contribution in [0.25, 0.3) is 0 Å². The maximum absolute atomic E-state index is 12.8. The summed E-state index contributed by atoms with van der Waals surface area (Å²) in [5, 5.41) is 2.60. The fraction of sp³-hybridized carbons (Fsp3) is 0.267. The van der Waals surface area contributed by atoms with Crippen molar-refractivity contribution in [1.29, 1.82) is 0 Å². The van der Waals surface area contributed by atoms with Crippen molar-refractivity contribution in [2.45, 2.75) is 20.0 Å². The predicted molar refractivity (Wildman–Crippen MR) is 74.8 cm³/mol. The van der Waals surface area contributed by atoms with Gasteiger partial charge in [-0.25, -0.2) is 0 Å². The Kier molecular flexibility index (Phi) is 4.06. The number of aromatic nitrogens is 1. The Bertz CT molecular complexity index is 634. The van der Waals surface area contributed by atoms with E-state index in [4.69, 9.17) is 4.74 Å². The Labute approximate surface area is 120 Å². The van der Waals surface area contributed by atoms with E-state index in [1.54, 1.807) is 12.1 Å². The molecule has 0 radical (unpaired) electrons. The van der Waals surface area contributed by atoms with Crippen LogP contribution in [0.5, 0.6) is 11.6 Å². The number of anilines is 1. The molecule has 2 aromatic rings. The molecule has 1 heterocycles. The van der Waals surface area contributed by atoms with Crippen molar-refractivity contribution in [3.63, 3.8) is 0 Å². The number of ether oxygens (including phenoxy) is 1. The molecule has 1 N–H and O–H groups in total. The zero-order valence-corrected chi connectivity index (χ0v) is 11.9. The molecule has 0 spiro atoms. The highest BCUT2D eigenvalue weighted by Gasteiger charge is 2.32. The van der Waals surface area contributed by atoms with Crippen molar-refractivity contribution in [2.24, 2.45) is 0 Å². The summed E-state index contributed by atoms with van der Waals surface area (Å²) in [6, 6.07) is 7.26. The predicted octanol–water partition coefficient (Wildman–Crippen LogP) is 4.55. The van der Waals surface area contributed by atoms with Gasteiger partial charge in [-0.3, -0.25) is 0 Å². The van der Waals surface area contributed by atoms with Gasteiger partial charge >= 0.3 is 6.18 Å². The van der Waals surface area contributed by atoms with Gasteiger partial charge < -0.3 is 10.1 Å². The van der Waals surface area contributed by atoms with Crippen molar-refractivity contribution in [2.75, 3.05) is 12.4 Å². The number of rotatable bonds is 3. The first kappa shape index (κ1) is 15.2. The highest BCUT2D eigenvalue weighted by Crippen LogP contribution is 2.34. The first-order valence-corrected chi connectivity index (χ1v) is 6.31. The first-order valence-electron chi connectivity index (χ1n) is 6.31. The van der Waals surface area contributed by atoms with E-state index in [2.05, 4.69) is 10.3 Å². The molecule has 0 amide bonds. The average molecular weight is 296 g/mol. The summed E-state index contributed by atoms with van der Waals surface area (Å²) in [6.07, 6.45) is -4.45. The number of nitrogens with zero attached hydrogens (tertiary/aromatic N) is 1. The fourth-order valence-corrected chi connectivity index (χ4v) is 1.96. The lowest BCUT2D eigenvalue weighted by Gasteiger charge is -2.12. The second-order valence-electron chi connectivity index (χ2n) is 4.75. The normalized spacial score (nSPS) is 11.3. The zero-order valence-electron chi connectivity index (χ0n) is 11.9. The largest absolute Gasteiger partial charge is 0.439 e. The van der Waals surface area contributed by atoms with Crippen LogP contribution in [0.15, 0.2) is 30.3 Å². The van der Waals surface area contributed by atoms with E-state index in [1.807, 2.05) is 19.9 Å². The second kappa shape index (κ2) is 5.63. The topological polar surface area (TPSA) is 34.1 Å². The Hall–Kier alpha value is -2.24. The quantitative estimate of drug-likeness (QED) is 0.902. The van der Waals surface area contributed by atoms with Gasteiger partial charge in [0.1, 0.15) is 11.6 Å². The molecular weight excluding hydrogens is 281 g/mol. The molecule has 0 atom stereocenters. The first-order chi connectivity index (χ1) is 9.77. The lowest BCUT2D eigenvalue weighted by Crippen LogP contribution is -2.07. The van der Waals surface area contributed by atoms with E-state index in [0.29, 0.717) is 5.75 Å². The van der Waals surface area contributed by atoms with Crippen LogP contribution in [0.4, 0.5) is 19.0 Å². The van der Waals surface area contributed by atoms with Crippen LogP contribution in [0.1, 0.15) is 16.7 Å². The van der Waals surface area contributed by atoms with Gasteiger partial charge in [-0.2, -0.15) is 18.2 Å². The van der Waals surface area contributed by atoms with Gasteiger partial charge in [0.15, 0.2) is 0 Å². The fourth-order valence-electron chi connectivity index (χ4n) is 1.96. The molecule has 0 saturated heterocycles. The highest BCUT2D eigenvalue weighted by atomic mass is 19.4. The molecule has 0 aliphatic heterocycles. The van der Waals surface area contributed by atoms with E-state index in [-0.39, 0.29) is 11.7 Å². The minimum Gasteiger partial charge on any atom is -0.439 e. The SMILES string of the molecule is CNc1cc(C(F)(F)F)cc(Oc2cc(C)cc(C)c2)n1. The molecule has 3 nitrogen and oxygen atoms in total. The number of aryl methyl sites for hydroxylation is 2. The summed E-state index contributed by atoms with van der Waals surface area (Å²) in [4.78, 5) is 3.99. The van der Waals surface area contributed by atoms with Crippen molar-refractivity contribution in [3.05, 3.63) is 47.0 Å². The monoisotopic (exact) mass is 296 g/mol. The summed E-state index contributed by atoms with van der Waals surface area (Å²) in [7, 11) is 1.50. The number of hydrogen-bond donors (Lipinski definition) is 1. The maximum atomic E-state index is 12.8. The average Bonchev–Trinajstić information content (AvgIpc) is 2.36. The molecule has 0 aliphatic carbocycles. The molecule has 0 aliphatic rings. The number of pyridine rings is 1. The maximum Gasteiger partial charge on any atom is 0.416 e. The summed E-state index contributed by atoms with van der Waals surface area (Å²) >= 11 is 0. The van der Waals surface area contributed by atoms with Crippen molar-refractivity contribution in [3.8, 4) is 11.6 Å². The third kappa shape index (κ3) is 3.87. The third-order valence-corrected chi connectivity index (χ3v) is 2.80. The third-order valence-electron chi connectivity index (χ3n) is 2.80. The molecule has 21 heavy (non-hydrogen) atoms. The van der Waals surface area contributed by atoms with Crippen LogP contribution >= 0.6 is 0 Å². The molecular formula is C15H15F3N2O. The number of nitrogens with one attached hydrogen (secondary N) is 1. The molecule has 112 valence electrons. The van der Waals surface area contributed by atoms with Crippen molar-refractivity contribution < 1.29 is 17.9 Å². The van der Waals surface area contributed by atoms with Crippen LogP contribution in [0, 0.1) is 13.8 Å². The Morgan fingerprint density at radius 3 is 2.14 bits per heavy atom. The Morgan fingerprint density at radius 2 is 1.62 bits per heavy atom. The van der Waals surface area contributed by atoms with Crippen LogP contribution in [-0.2, 0) is 6.18 Å². The van der Waals surface area contributed by atoms with Gasteiger partial charge in [0.05, 0.1) is 5.56 Å². The van der Waals surface area contributed by atoms with Gasteiger partial charge in [0.25, 0.3) is 0 Å². The number of hydrogen-bond acceptors (Lipinski definition) is 3. The highest BCUT2D eigenvalue weighted by molar-refractivity contribution is 5.44. The van der Waals surface area contributed by atoms with E-state index in [9.17, 15) is 13.2 Å². The minimum absolute atomic E-state index is 0.0980.